The average Bonchev–Trinajstić information content (AvgIpc) is 2.30. The van der Waals surface area contributed by atoms with Crippen molar-refractivity contribution in [3.05, 3.63) is 29.8 Å². The molecule has 3 heteroatoms. The summed E-state index contributed by atoms with van der Waals surface area (Å²) in [7, 11) is 0. The molecule has 76 valence electrons. The monoisotopic (exact) mass is 201 g/mol. The Labute approximate surface area is 89.2 Å². The second-order valence-electron chi connectivity index (χ2n) is 2.74. The Hall–Kier alpha value is -1.97. The first-order valence-corrected chi connectivity index (χ1v) is 4.51. The van der Waals surface area contributed by atoms with Crippen LogP contribution in [0.25, 0.3) is 0 Å². The number of ether oxygens (including phenoxy) is 2. The molecule has 0 atom stereocenters. The van der Waals surface area contributed by atoms with Crippen LogP contribution in [0.15, 0.2) is 24.3 Å². The van der Waals surface area contributed by atoms with E-state index < -0.39 is 0 Å². The summed E-state index contributed by atoms with van der Waals surface area (Å²) in [6.07, 6.45) is 5.01. The van der Waals surface area contributed by atoms with Crippen LogP contribution in [0, 0.1) is 23.7 Å². The zero-order valence-corrected chi connectivity index (χ0v) is 8.27. The number of nitriles is 1. The number of hydrogen-bond donors (Lipinski definition) is 0. The topological polar surface area (TPSA) is 42.2 Å². The third-order valence-electron chi connectivity index (χ3n) is 1.67. The van der Waals surface area contributed by atoms with Crippen LogP contribution in [0.2, 0.25) is 0 Å². The van der Waals surface area contributed by atoms with E-state index in [0.29, 0.717) is 25.4 Å². The molecule has 0 aromatic heterocycles. The predicted molar refractivity (Wildman–Crippen MR) is 56.3 cm³/mol. The van der Waals surface area contributed by atoms with Crippen molar-refractivity contribution in [3.8, 4) is 24.2 Å². The number of hydrogen-bond acceptors (Lipinski definition) is 3. The first kappa shape index (κ1) is 11.1. The largest absolute Gasteiger partial charge is 0.491 e. The van der Waals surface area contributed by atoms with Gasteiger partial charge in [-0.1, -0.05) is 5.92 Å². The van der Waals surface area contributed by atoms with Gasteiger partial charge in [-0.25, -0.2) is 0 Å². The van der Waals surface area contributed by atoms with Gasteiger partial charge in [0, 0.05) is 0 Å². The SMILES string of the molecule is C#CCOCCOc1ccc(C#N)cc1. The molecule has 15 heavy (non-hydrogen) atoms. The highest BCUT2D eigenvalue weighted by molar-refractivity contribution is 5.34. The fourth-order valence-electron chi connectivity index (χ4n) is 0.975. The molecule has 3 nitrogen and oxygen atoms in total. The van der Waals surface area contributed by atoms with Gasteiger partial charge in [-0.15, -0.1) is 6.42 Å². The molecular formula is C12H11NO2. The fraction of sp³-hybridized carbons (Fsp3) is 0.250. The fourth-order valence-corrected chi connectivity index (χ4v) is 0.975. The lowest BCUT2D eigenvalue weighted by Gasteiger charge is -2.05. The Bertz CT molecular complexity index is 370. The molecule has 0 aliphatic rings. The van der Waals surface area contributed by atoms with Crippen LogP contribution >= 0.6 is 0 Å². The van der Waals surface area contributed by atoms with Gasteiger partial charge in [0.2, 0.25) is 0 Å². The Morgan fingerprint density at radius 3 is 2.53 bits per heavy atom. The Morgan fingerprint density at radius 2 is 1.93 bits per heavy atom. The van der Waals surface area contributed by atoms with Gasteiger partial charge in [0.05, 0.1) is 18.2 Å². The first-order valence-electron chi connectivity index (χ1n) is 4.51. The van der Waals surface area contributed by atoms with Crippen molar-refractivity contribution in [2.45, 2.75) is 0 Å². The van der Waals surface area contributed by atoms with Gasteiger partial charge in [-0.3, -0.25) is 0 Å². The highest BCUT2D eigenvalue weighted by Gasteiger charge is 1.94. The second kappa shape index (κ2) is 6.48. The molecule has 0 spiro atoms. The molecule has 0 fully saturated rings. The summed E-state index contributed by atoms with van der Waals surface area (Å²) >= 11 is 0. The maximum atomic E-state index is 8.57. The molecular weight excluding hydrogens is 190 g/mol. The van der Waals surface area contributed by atoms with Gasteiger partial charge in [-0.05, 0) is 24.3 Å². The standard InChI is InChI=1S/C12H11NO2/c1-2-7-14-8-9-15-12-5-3-11(10-13)4-6-12/h1,3-6H,7-9H2. The van der Waals surface area contributed by atoms with Crippen molar-refractivity contribution in [3.63, 3.8) is 0 Å². The highest BCUT2D eigenvalue weighted by atomic mass is 16.5. The summed E-state index contributed by atoms with van der Waals surface area (Å²) in [6, 6.07) is 8.95. The third-order valence-corrected chi connectivity index (χ3v) is 1.67. The Balaban J connectivity index is 2.27. The maximum Gasteiger partial charge on any atom is 0.119 e. The maximum absolute atomic E-state index is 8.57. The molecule has 0 aliphatic carbocycles. The van der Waals surface area contributed by atoms with Gasteiger partial charge in [0.1, 0.15) is 19.0 Å². The van der Waals surface area contributed by atoms with Gasteiger partial charge in [0.15, 0.2) is 0 Å². The minimum Gasteiger partial charge on any atom is -0.491 e. The molecule has 0 saturated carbocycles. The van der Waals surface area contributed by atoms with Crippen molar-refractivity contribution in [2.75, 3.05) is 19.8 Å². The van der Waals surface area contributed by atoms with Crippen molar-refractivity contribution in [1.29, 1.82) is 5.26 Å². The molecule has 0 heterocycles. The summed E-state index contributed by atoms with van der Waals surface area (Å²) < 4.78 is 10.4. The van der Waals surface area contributed by atoms with Crippen LogP contribution in [0.4, 0.5) is 0 Å². The molecule has 0 unspecified atom stereocenters. The van der Waals surface area contributed by atoms with Gasteiger partial charge >= 0.3 is 0 Å². The lowest BCUT2D eigenvalue weighted by atomic mass is 10.2. The van der Waals surface area contributed by atoms with Crippen LogP contribution in [0.1, 0.15) is 5.56 Å². The van der Waals surface area contributed by atoms with Crippen LogP contribution in [0.5, 0.6) is 5.75 Å². The van der Waals surface area contributed by atoms with Gasteiger partial charge in [0.25, 0.3) is 0 Å². The lowest BCUT2D eigenvalue weighted by Crippen LogP contribution is -2.06. The van der Waals surface area contributed by atoms with Crippen LogP contribution in [-0.4, -0.2) is 19.8 Å². The Morgan fingerprint density at radius 1 is 1.20 bits per heavy atom. The third kappa shape index (κ3) is 4.17. The van der Waals surface area contributed by atoms with Gasteiger partial charge < -0.3 is 9.47 Å². The molecule has 0 N–H and O–H groups in total. The molecule has 0 bridgehead atoms. The summed E-state index contributed by atoms with van der Waals surface area (Å²) in [5.74, 6) is 3.09. The minimum absolute atomic E-state index is 0.302. The summed E-state index contributed by atoms with van der Waals surface area (Å²) in [5, 5.41) is 8.57. The van der Waals surface area contributed by atoms with Crippen molar-refractivity contribution in [1.82, 2.24) is 0 Å². The first-order chi connectivity index (χ1) is 7.36. The van der Waals surface area contributed by atoms with E-state index in [4.69, 9.17) is 21.2 Å². The van der Waals surface area contributed by atoms with E-state index in [2.05, 4.69) is 5.92 Å². The second-order valence-corrected chi connectivity index (χ2v) is 2.74. The zero-order chi connectivity index (χ0) is 10.9. The highest BCUT2D eigenvalue weighted by Crippen LogP contribution is 2.10. The molecule has 1 aromatic carbocycles. The summed E-state index contributed by atoms with van der Waals surface area (Å²) in [5.41, 5.74) is 0.617. The minimum atomic E-state index is 0.302. The van der Waals surface area contributed by atoms with E-state index >= 15 is 0 Å². The number of benzene rings is 1. The number of rotatable bonds is 5. The Kier molecular flexibility index (Phi) is 4.80. The van der Waals surface area contributed by atoms with Crippen molar-refractivity contribution in [2.24, 2.45) is 0 Å². The van der Waals surface area contributed by atoms with Crippen LogP contribution in [0.3, 0.4) is 0 Å². The lowest BCUT2D eigenvalue weighted by molar-refractivity contribution is 0.124. The summed E-state index contributed by atoms with van der Waals surface area (Å²) in [6.45, 7) is 1.22. The molecule has 0 amide bonds. The molecule has 1 aromatic rings. The quantitative estimate of drug-likeness (QED) is 0.536. The van der Waals surface area contributed by atoms with Crippen molar-refractivity contribution < 1.29 is 9.47 Å². The normalized spacial score (nSPS) is 8.93. The molecule has 0 radical (unpaired) electrons. The average molecular weight is 201 g/mol. The van der Waals surface area contributed by atoms with E-state index in [9.17, 15) is 0 Å². The van der Waals surface area contributed by atoms with Crippen LogP contribution < -0.4 is 4.74 Å². The number of nitrogens with zero attached hydrogens (tertiary/aromatic N) is 1. The predicted octanol–water partition coefficient (Wildman–Crippen LogP) is 1.59. The van der Waals surface area contributed by atoms with E-state index in [0.717, 1.165) is 5.75 Å². The molecule has 0 saturated heterocycles. The van der Waals surface area contributed by atoms with E-state index in [-0.39, 0.29) is 0 Å². The molecule has 1 rings (SSSR count). The van der Waals surface area contributed by atoms with E-state index in [1.807, 2.05) is 6.07 Å². The van der Waals surface area contributed by atoms with Gasteiger partial charge in [-0.2, -0.15) is 5.26 Å². The smallest absolute Gasteiger partial charge is 0.119 e. The number of terminal acetylenes is 1. The van der Waals surface area contributed by atoms with Crippen LogP contribution in [-0.2, 0) is 4.74 Å². The van der Waals surface area contributed by atoms with E-state index in [1.165, 1.54) is 0 Å². The van der Waals surface area contributed by atoms with Crippen molar-refractivity contribution >= 4 is 0 Å². The summed E-state index contributed by atoms with van der Waals surface area (Å²) in [4.78, 5) is 0. The molecule has 0 aliphatic heterocycles. The zero-order valence-electron chi connectivity index (χ0n) is 8.27. The van der Waals surface area contributed by atoms with E-state index in [1.54, 1.807) is 24.3 Å².